The molecule has 2 aromatic rings. The predicted octanol–water partition coefficient (Wildman–Crippen LogP) is 3.15. The third-order valence-corrected chi connectivity index (χ3v) is 5.64. The average molecular weight is 371 g/mol. The van der Waals surface area contributed by atoms with E-state index in [0.29, 0.717) is 35.1 Å². The number of fused-ring (bicyclic) bond motifs is 1. The topological polar surface area (TPSA) is 63.4 Å². The van der Waals surface area contributed by atoms with Crippen molar-refractivity contribution in [2.45, 2.75) is 18.9 Å². The molecule has 3 unspecified atom stereocenters. The Morgan fingerprint density at radius 1 is 0.885 bits per heavy atom. The zero-order chi connectivity index (χ0) is 17.4. The normalized spacial score (nSPS) is 24.0. The first kappa shape index (κ1) is 18.6. The Morgan fingerprint density at radius 3 is 2.23 bits per heavy atom. The Hall–Kier alpha value is -2.17. The number of hydrogen-bond donors (Lipinski definition) is 1. The van der Waals surface area contributed by atoms with Crippen molar-refractivity contribution in [1.29, 1.82) is 0 Å². The highest BCUT2D eigenvalue weighted by atomic mass is 35.5. The van der Waals surface area contributed by atoms with Crippen LogP contribution in [0.5, 0.6) is 0 Å². The van der Waals surface area contributed by atoms with Crippen LogP contribution in [0.25, 0.3) is 0 Å². The number of carbonyl (C=O) groups excluding carboxylic acids is 2. The van der Waals surface area contributed by atoms with Crippen LogP contribution in [0.3, 0.4) is 0 Å². The lowest BCUT2D eigenvalue weighted by Crippen LogP contribution is -2.34. The van der Waals surface area contributed by atoms with Gasteiger partial charge in [-0.1, -0.05) is 48.5 Å². The van der Waals surface area contributed by atoms with E-state index in [2.05, 4.69) is 0 Å². The Labute approximate surface area is 159 Å². The minimum Gasteiger partial charge on any atom is -0.338 e. The number of nitrogens with zero attached hydrogens (tertiary/aromatic N) is 1. The number of likely N-dealkylation sites (tertiary alicyclic amines) is 1. The summed E-state index contributed by atoms with van der Waals surface area (Å²) in [6.45, 7) is 1.46. The maximum absolute atomic E-state index is 13.1. The maximum Gasteiger partial charge on any atom is 0.254 e. The fraction of sp³-hybridized carbons (Fsp3) is 0.333. The SMILES string of the molecule is Cl.NC1CCC2CN(C(=O)c3ccccc3C(=O)c3ccccc3)CC12. The third kappa shape index (κ3) is 3.27. The van der Waals surface area contributed by atoms with Gasteiger partial charge in [0.15, 0.2) is 5.78 Å². The molecule has 2 aliphatic rings. The second kappa shape index (κ2) is 7.60. The zero-order valence-electron chi connectivity index (χ0n) is 14.5. The van der Waals surface area contributed by atoms with Crippen molar-refractivity contribution >= 4 is 24.1 Å². The first-order valence-electron chi connectivity index (χ1n) is 8.89. The number of halogens is 1. The van der Waals surface area contributed by atoms with Gasteiger partial charge in [0.2, 0.25) is 0 Å². The summed E-state index contributed by atoms with van der Waals surface area (Å²) in [5.74, 6) is 0.749. The van der Waals surface area contributed by atoms with E-state index in [1.54, 1.807) is 24.3 Å². The molecular formula is C21H23ClN2O2. The van der Waals surface area contributed by atoms with E-state index in [1.807, 2.05) is 35.2 Å². The molecule has 1 amide bonds. The van der Waals surface area contributed by atoms with Gasteiger partial charge in [-0.3, -0.25) is 9.59 Å². The van der Waals surface area contributed by atoms with E-state index in [-0.39, 0.29) is 30.1 Å². The van der Waals surface area contributed by atoms with E-state index in [0.717, 1.165) is 19.4 Å². The summed E-state index contributed by atoms with van der Waals surface area (Å²) in [4.78, 5) is 27.8. The van der Waals surface area contributed by atoms with Crippen LogP contribution >= 0.6 is 12.4 Å². The Kier molecular flexibility index (Phi) is 5.44. The summed E-state index contributed by atoms with van der Waals surface area (Å²) >= 11 is 0. The highest BCUT2D eigenvalue weighted by Gasteiger charge is 2.42. The van der Waals surface area contributed by atoms with Gasteiger partial charge >= 0.3 is 0 Å². The lowest BCUT2D eigenvalue weighted by molar-refractivity contribution is 0.0775. The summed E-state index contributed by atoms with van der Waals surface area (Å²) in [5, 5.41) is 0. The molecule has 4 rings (SSSR count). The molecule has 2 aromatic carbocycles. The number of rotatable bonds is 3. The molecule has 2 fully saturated rings. The van der Waals surface area contributed by atoms with Crippen molar-refractivity contribution < 1.29 is 9.59 Å². The first-order chi connectivity index (χ1) is 12.1. The number of ketones is 1. The van der Waals surface area contributed by atoms with Crippen molar-refractivity contribution in [3.63, 3.8) is 0 Å². The molecule has 3 atom stereocenters. The van der Waals surface area contributed by atoms with Gasteiger partial charge in [-0.05, 0) is 30.7 Å². The van der Waals surface area contributed by atoms with Crippen LogP contribution < -0.4 is 5.73 Å². The van der Waals surface area contributed by atoms with Crippen molar-refractivity contribution in [3.05, 3.63) is 71.3 Å². The first-order valence-corrected chi connectivity index (χ1v) is 8.89. The number of carbonyl (C=O) groups is 2. The van der Waals surface area contributed by atoms with Gasteiger partial charge in [0.05, 0.1) is 5.56 Å². The lowest BCUT2D eigenvalue weighted by atomic mass is 9.97. The van der Waals surface area contributed by atoms with Crippen LogP contribution in [0.4, 0.5) is 0 Å². The van der Waals surface area contributed by atoms with Gasteiger partial charge in [0.1, 0.15) is 0 Å². The number of hydrogen-bond acceptors (Lipinski definition) is 3. The molecule has 1 saturated heterocycles. The van der Waals surface area contributed by atoms with E-state index >= 15 is 0 Å². The second-order valence-electron chi connectivity index (χ2n) is 7.12. The second-order valence-corrected chi connectivity index (χ2v) is 7.12. The minimum absolute atomic E-state index is 0. The monoisotopic (exact) mass is 370 g/mol. The van der Waals surface area contributed by atoms with Crippen LogP contribution in [-0.4, -0.2) is 35.7 Å². The molecule has 0 aromatic heterocycles. The molecular weight excluding hydrogens is 348 g/mol. The predicted molar refractivity (Wildman–Crippen MR) is 104 cm³/mol. The number of nitrogens with two attached hydrogens (primary N) is 1. The van der Waals surface area contributed by atoms with Gasteiger partial charge in [0.25, 0.3) is 5.91 Å². The van der Waals surface area contributed by atoms with E-state index < -0.39 is 0 Å². The highest BCUT2D eigenvalue weighted by Crippen LogP contribution is 2.37. The standard InChI is InChI=1S/C21H22N2O2.ClH/c22-19-11-10-15-12-23(13-18(15)19)21(25)17-9-5-4-8-16(17)20(24)14-6-2-1-3-7-14;/h1-9,15,18-19H,10-13,22H2;1H. The van der Waals surface area contributed by atoms with Gasteiger partial charge < -0.3 is 10.6 Å². The van der Waals surface area contributed by atoms with Crippen molar-refractivity contribution in [1.82, 2.24) is 4.90 Å². The molecule has 0 spiro atoms. The molecule has 2 N–H and O–H groups in total. The van der Waals surface area contributed by atoms with Crippen molar-refractivity contribution in [3.8, 4) is 0 Å². The molecule has 1 aliphatic carbocycles. The van der Waals surface area contributed by atoms with Crippen LogP contribution in [-0.2, 0) is 0 Å². The smallest absolute Gasteiger partial charge is 0.254 e. The molecule has 4 nitrogen and oxygen atoms in total. The van der Waals surface area contributed by atoms with Crippen molar-refractivity contribution in [2.24, 2.45) is 17.6 Å². The van der Waals surface area contributed by atoms with E-state index in [4.69, 9.17) is 5.73 Å². The summed E-state index contributed by atoms with van der Waals surface area (Å²) in [5.41, 5.74) is 7.75. The molecule has 5 heteroatoms. The largest absolute Gasteiger partial charge is 0.338 e. The van der Waals surface area contributed by atoms with E-state index in [9.17, 15) is 9.59 Å². The summed E-state index contributed by atoms with van der Waals surface area (Å²) < 4.78 is 0. The van der Waals surface area contributed by atoms with Gasteiger partial charge in [-0.15, -0.1) is 12.4 Å². The fourth-order valence-corrected chi connectivity index (χ4v) is 4.26. The van der Waals surface area contributed by atoms with E-state index in [1.165, 1.54) is 0 Å². The Bertz CT molecular complexity index is 809. The lowest BCUT2D eigenvalue weighted by Gasteiger charge is -2.20. The molecule has 26 heavy (non-hydrogen) atoms. The number of benzene rings is 2. The van der Waals surface area contributed by atoms with Crippen LogP contribution in [0.15, 0.2) is 54.6 Å². The molecule has 0 bridgehead atoms. The summed E-state index contributed by atoms with van der Waals surface area (Å²) in [7, 11) is 0. The molecule has 1 aliphatic heterocycles. The molecule has 0 radical (unpaired) electrons. The third-order valence-electron chi connectivity index (χ3n) is 5.64. The van der Waals surface area contributed by atoms with Gasteiger partial charge in [0, 0.05) is 30.3 Å². The quantitative estimate of drug-likeness (QED) is 0.844. The van der Waals surface area contributed by atoms with Crippen LogP contribution in [0.2, 0.25) is 0 Å². The zero-order valence-corrected chi connectivity index (χ0v) is 15.3. The molecule has 136 valence electrons. The molecule has 1 saturated carbocycles. The number of amides is 1. The Morgan fingerprint density at radius 2 is 1.54 bits per heavy atom. The minimum atomic E-state index is -0.111. The summed E-state index contributed by atoms with van der Waals surface area (Å²) in [6, 6.07) is 16.4. The highest BCUT2D eigenvalue weighted by molar-refractivity contribution is 6.15. The van der Waals surface area contributed by atoms with Gasteiger partial charge in [-0.25, -0.2) is 0 Å². The summed E-state index contributed by atoms with van der Waals surface area (Å²) in [6.07, 6.45) is 2.15. The fourth-order valence-electron chi connectivity index (χ4n) is 4.26. The van der Waals surface area contributed by atoms with Crippen molar-refractivity contribution in [2.75, 3.05) is 13.1 Å². The Balaban J connectivity index is 0.00000196. The van der Waals surface area contributed by atoms with Crippen LogP contribution in [0, 0.1) is 11.8 Å². The maximum atomic E-state index is 13.1. The molecule has 1 heterocycles. The van der Waals surface area contributed by atoms with Gasteiger partial charge in [-0.2, -0.15) is 0 Å². The van der Waals surface area contributed by atoms with Crippen LogP contribution in [0.1, 0.15) is 39.1 Å². The average Bonchev–Trinajstić information content (AvgIpc) is 3.23.